The first-order valence-corrected chi connectivity index (χ1v) is 11.9. The van der Waals surface area contributed by atoms with Crippen molar-refractivity contribution >= 4 is 32.5 Å². The van der Waals surface area contributed by atoms with E-state index in [0.29, 0.717) is 18.8 Å². The average molecular weight is 445 g/mol. The third-order valence-corrected chi connectivity index (χ3v) is 7.60. The van der Waals surface area contributed by atoms with Gasteiger partial charge in [0.2, 0.25) is 10.0 Å². The van der Waals surface area contributed by atoms with Crippen LogP contribution in [0.15, 0.2) is 45.8 Å². The van der Waals surface area contributed by atoms with E-state index in [0.717, 1.165) is 36.8 Å². The molecule has 9 heteroatoms. The summed E-state index contributed by atoms with van der Waals surface area (Å²) in [5.74, 6) is -0.262. The number of nitrogens with zero attached hydrogens (tertiary/aromatic N) is 3. The normalized spacial score (nSPS) is 15.2. The summed E-state index contributed by atoms with van der Waals surface area (Å²) in [6.45, 7) is 4.39. The number of benzene rings is 1. The summed E-state index contributed by atoms with van der Waals surface area (Å²) in [7, 11) is 0.439. The number of amides is 1. The van der Waals surface area contributed by atoms with Crippen molar-refractivity contribution in [3.05, 3.63) is 48.0 Å². The number of furan rings is 1. The summed E-state index contributed by atoms with van der Waals surface area (Å²) in [6, 6.07) is 9.05. The molecule has 0 radical (unpaired) electrons. The van der Waals surface area contributed by atoms with E-state index in [4.69, 9.17) is 4.42 Å². The molecule has 3 heterocycles. The molecule has 0 saturated carbocycles. The molecular formula is C22H28N4O4S. The minimum atomic E-state index is -3.64. The third-order valence-electron chi connectivity index (χ3n) is 5.60. The molecule has 0 aliphatic carbocycles. The van der Waals surface area contributed by atoms with Crippen LogP contribution >= 0.6 is 0 Å². The van der Waals surface area contributed by atoms with Crippen LogP contribution in [0.3, 0.4) is 0 Å². The number of rotatable bonds is 7. The van der Waals surface area contributed by atoms with Crippen LogP contribution in [0.4, 0.5) is 5.69 Å². The number of aryl methyl sites for hydroxylation is 1. The summed E-state index contributed by atoms with van der Waals surface area (Å²) in [4.78, 5) is 14.9. The van der Waals surface area contributed by atoms with Gasteiger partial charge in [-0.15, -0.1) is 0 Å². The molecule has 8 nitrogen and oxygen atoms in total. The second-order valence-electron chi connectivity index (χ2n) is 8.18. The van der Waals surface area contributed by atoms with Gasteiger partial charge < -0.3 is 19.2 Å². The molecule has 4 rings (SSSR count). The first-order valence-electron chi connectivity index (χ1n) is 10.4. The Hall–Kier alpha value is -2.62. The van der Waals surface area contributed by atoms with Crippen LogP contribution in [-0.4, -0.2) is 61.8 Å². The van der Waals surface area contributed by atoms with Crippen LogP contribution in [0.1, 0.15) is 29.2 Å². The lowest BCUT2D eigenvalue weighted by atomic mass is 10.2. The molecule has 3 aromatic rings. The van der Waals surface area contributed by atoms with Crippen molar-refractivity contribution in [3.8, 4) is 0 Å². The van der Waals surface area contributed by atoms with Crippen molar-refractivity contribution in [2.24, 2.45) is 0 Å². The van der Waals surface area contributed by atoms with E-state index >= 15 is 0 Å². The molecule has 166 valence electrons. The molecule has 0 atom stereocenters. The molecule has 0 spiro atoms. The van der Waals surface area contributed by atoms with E-state index in [2.05, 4.69) is 14.8 Å². The highest BCUT2D eigenvalue weighted by molar-refractivity contribution is 7.89. The van der Waals surface area contributed by atoms with Crippen molar-refractivity contribution in [3.63, 3.8) is 0 Å². The predicted octanol–water partition coefficient (Wildman–Crippen LogP) is 3.14. The van der Waals surface area contributed by atoms with E-state index in [1.807, 2.05) is 44.6 Å². The number of hydrogen-bond acceptors (Lipinski definition) is 5. The van der Waals surface area contributed by atoms with E-state index < -0.39 is 15.9 Å². The number of fused-ring (bicyclic) bond motifs is 1. The number of hydrogen-bond donors (Lipinski definition) is 1. The summed E-state index contributed by atoms with van der Waals surface area (Å²) >= 11 is 0. The van der Waals surface area contributed by atoms with E-state index in [1.54, 1.807) is 6.92 Å². The van der Waals surface area contributed by atoms with Gasteiger partial charge in [0.25, 0.3) is 5.91 Å². The second-order valence-corrected chi connectivity index (χ2v) is 10.1. The number of aromatic nitrogens is 1. The average Bonchev–Trinajstić information content (AvgIpc) is 3.46. The van der Waals surface area contributed by atoms with Crippen LogP contribution in [0.5, 0.6) is 0 Å². The highest BCUT2D eigenvalue weighted by atomic mass is 32.2. The fourth-order valence-corrected chi connectivity index (χ4v) is 5.55. The monoisotopic (exact) mass is 444 g/mol. The highest BCUT2D eigenvalue weighted by Crippen LogP contribution is 2.27. The minimum Gasteiger partial charge on any atom is -0.455 e. The molecule has 1 aliphatic rings. The van der Waals surface area contributed by atoms with Crippen molar-refractivity contribution in [2.75, 3.05) is 39.0 Å². The number of carbonyl (C=O) groups excluding carboxylic acids is 1. The lowest BCUT2D eigenvalue weighted by molar-refractivity contribution is 0.0995. The number of sulfonamides is 1. The smallest absolute Gasteiger partial charge is 0.291 e. The molecule has 1 aliphatic heterocycles. The van der Waals surface area contributed by atoms with Gasteiger partial charge in [-0.25, -0.2) is 8.42 Å². The van der Waals surface area contributed by atoms with Crippen molar-refractivity contribution in [2.45, 2.75) is 31.2 Å². The van der Waals surface area contributed by atoms with Crippen LogP contribution in [0.2, 0.25) is 0 Å². The Morgan fingerprint density at radius 1 is 1.16 bits per heavy atom. The number of nitrogens with one attached hydrogen (secondary N) is 1. The maximum Gasteiger partial charge on any atom is 0.291 e. The molecule has 31 heavy (non-hydrogen) atoms. The van der Waals surface area contributed by atoms with E-state index in [-0.39, 0.29) is 16.4 Å². The molecule has 1 amide bonds. The minimum absolute atomic E-state index is 0.0149. The van der Waals surface area contributed by atoms with Gasteiger partial charge in [-0.05, 0) is 58.1 Å². The quantitative estimate of drug-likeness (QED) is 0.605. The standard InChI is InChI=1S/C22H28N4O4S/c1-16-21(31(28,29)26-9-4-5-10-26)15-20(30-16)22(27)23-18-6-7-19-17(14-18)8-11-25(19)13-12-24(2)3/h6-8,11,14-15H,4-5,9-10,12-13H2,1-3H3,(H,23,27). The SMILES string of the molecule is Cc1oc(C(=O)Nc2ccc3c(ccn3CCN(C)C)c2)cc1S(=O)(=O)N1CCCC1. The molecule has 1 fully saturated rings. The molecule has 0 bridgehead atoms. The zero-order valence-electron chi connectivity index (χ0n) is 18.1. The molecule has 0 unspecified atom stereocenters. The topological polar surface area (TPSA) is 87.8 Å². The van der Waals surface area contributed by atoms with Crippen LogP contribution in [0.25, 0.3) is 10.9 Å². The lowest BCUT2D eigenvalue weighted by Crippen LogP contribution is -2.28. The van der Waals surface area contributed by atoms with Gasteiger partial charge >= 0.3 is 0 Å². The Balaban J connectivity index is 1.51. The third kappa shape index (κ3) is 4.39. The summed E-state index contributed by atoms with van der Waals surface area (Å²) in [5.41, 5.74) is 1.72. The lowest BCUT2D eigenvalue weighted by Gasteiger charge is -2.14. The fraction of sp³-hybridized carbons (Fsp3) is 0.409. The van der Waals surface area contributed by atoms with Crippen LogP contribution in [0, 0.1) is 6.92 Å². The van der Waals surface area contributed by atoms with Crippen LogP contribution in [-0.2, 0) is 16.6 Å². The number of anilines is 1. The van der Waals surface area contributed by atoms with Gasteiger partial charge in [-0.3, -0.25) is 4.79 Å². The van der Waals surface area contributed by atoms with Crippen molar-refractivity contribution in [1.82, 2.24) is 13.8 Å². The van der Waals surface area contributed by atoms with Gasteiger partial charge in [0.15, 0.2) is 5.76 Å². The molecule has 1 N–H and O–H groups in total. The van der Waals surface area contributed by atoms with E-state index in [9.17, 15) is 13.2 Å². The Morgan fingerprint density at radius 3 is 2.61 bits per heavy atom. The Labute approximate surface area is 182 Å². The maximum absolute atomic E-state index is 12.8. The maximum atomic E-state index is 12.8. The number of carbonyl (C=O) groups is 1. The summed E-state index contributed by atoms with van der Waals surface area (Å²) < 4.78 is 34.8. The van der Waals surface area contributed by atoms with E-state index in [1.165, 1.54) is 10.4 Å². The van der Waals surface area contributed by atoms with Crippen molar-refractivity contribution in [1.29, 1.82) is 0 Å². The Kier molecular flexibility index (Phi) is 5.92. The summed E-state index contributed by atoms with van der Waals surface area (Å²) in [6.07, 6.45) is 3.73. The van der Waals surface area contributed by atoms with Gasteiger partial charge in [0.1, 0.15) is 10.7 Å². The largest absolute Gasteiger partial charge is 0.455 e. The Bertz CT molecular complexity index is 1200. The zero-order chi connectivity index (χ0) is 22.2. The fourth-order valence-electron chi connectivity index (χ4n) is 3.87. The molecular weight excluding hydrogens is 416 g/mol. The number of likely N-dealkylation sites (N-methyl/N-ethyl adjacent to an activating group) is 1. The predicted molar refractivity (Wildman–Crippen MR) is 120 cm³/mol. The van der Waals surface area contributed by atoms with Crippen LogP contribution < -0.4 is 5.32 Å². The highest BCUT2D eigenvalue weighted by Gasteiger charge is 2.31. The molecule has 1 saturated heterocycles. The van der Waals surface area contributed by atoms with Gasteiger partial charge in [0.05, 0.1) is 0 Å². The Morgan fingerprint density at radius 2 is 1.90 bits per heavy atom. The van der Waals surface area contributed by atoms with Gasteiger partial charge in [0, 0.05) is 55.0 Å². The molecule has 1 aromatic carbocycles. The molecule has 2 aromatic heterocycles. The second kappa shape index (κ2) is 8.49. The van der Waals surface area contributed by atoms with Gasteiger partial charge in [-0.2, -0.15) is 4.31 Å². The summed E-state index contributed by atoms with van der Waals surface area (Å²) in [5, 5.41) is 3.83. The first kappa shape index (κ1) is 21.6. The first-order chi connectivity index (χ1) is 14.8. The zero-order valence-corrected chi connectivity index (χ0v) is 18.9. The van der Waals surface area contributed by atoms with Gasteiger partial charge in [-0.1, -0.05) is 0 Å². The van der Waals surface area contributed by atoms with Crippen molar-refractivity contribution < 1.29 is 17.6 Å².